The van der Waals surface area contributed by atoms with Crippen molar-refractivity contribution < 1.29 is 38.0 Å². The molecule has 4 aromatic carbocycles. The maximum Gasteiger partial charge on any atom is 0.412 e. The molecule has 0 unspecified atom stereocenters. The number of aromatic nitrogens is 2. The van der Waals surface area contributed by atoms with Crippen LogP contribution in [0.25, 0.3) is 22.3 Å². The number of rotatable bonds is 14. The lowest BCUT2D eigenvalue weighted by molar-refractivity contribution is 0.154. The number of hydrogen-bond donors (Lipinski definition) is 2. The Labute approximate surface area is 355 Å². The molecule has 0 bridgehead atoms. The third-order valence-electron chi connectivity index (χ3n) is 10.2. The molecule has 314 valence electrons. The van der Waals surface area contributed by atoms with E-state index in [-0.39, 0.29) is 13.2 Å². The smallest absolute Gasteiger partial charge is 0.412 e. The number of benzene rings is 4. The molecular weight excluding hydrogens is 777 g/mol. The van der Waals surface area contributed by atoms with Crippen LogP contribution in [0.2, 0.25) is 0 Å². The van der Waals surface area contributed by atoms with Crippen LogP contribution in [-0.4, -0.2) is 76.8 Å². The number of pyridine rings is 2. The van der Waals surface area contributed by atoms with Crippen molar-refractivity contribution in [2.45, 2.75) is 19.6 Å². The molecule has 2 N–H and O–H groups in total. The lowest BCUT2D eigenvalue weighted by atomic mass is 10.1. The molecule has 1 fully saturated rings. The molecule has 0 radical (unpaired) electrons. The standard InChI is InChI=1S/C47H48N6O8/c1-56-38-24-36(25-39(57-2)44(38)50-46(54)60-30-32-12-7-5-8-13-32)34-16-18-42(48-28-34)52-20-11-21-53(23-22-52)43-19-17-35(29-49-43)37-26-40(58-3)45(41(27-37)59-4)51-47(55)61-31-33-14-9-6-10-15-33/h5-10,12-19,24-29H,11,20-23,30-31H2,1-4H3,(H,50,54)(H,51,55). The van der Waals surface area contributed by atoms with Crippen molar-refractivity contribution >= 4 is 35.2 Å². The zero-order valence-corrected chi connectivity index (χ0v) is 34.6. The second-order valence-electron chi connectivity index (χ2n) is 14.0. The van der Waals surface area contributed by atoms with Gasteiger partial charge in [-0.05, 0) is 77.2 Å². The quantitative estimate of drug-likeness (QED) is 0.108. The van der Waals surface area contributed by atoms with Crippen molar-refractivity contribution in [3.8, 4) is 45.3 Å². The van der Waals surface area contributed by atoms with Crippen molar-refractivity contribution in [2.75, 3.05) is 75.1 Å². The highest BCUT2D eigenvalue weighted by atomic mass is 16.6. The minimum absolute atomic E-state index is 0.132. The summed E-state index contributed by atoms with van der Waals surface area (Å²) in [5.74, 6) is 3.44. The first-order valence-electron chi connectivity index (χ1n) is 19.8. The lowest BCUT2D eigenvalue weighted by Gasteiger charge is -2.24. The summed E-state index contributed by atoms with van der Waals surface area (Å²) < 4.78 is 33.5. The van der Waals surface area contributed by atoms with Crippen LogP contribution in [0.4, 0.5) is 32.6 Å². The van der Waals surface area contributed by atoms with Crippen molar-refractivity contribution in [2.24, 2.45) is 0 Å². The van der Waals surface area contributed by atoms with Gasteiger partial charge in [-0.25, -0.2) is 19.6 Å². The van der Waals surface area contributed by atoms with E-state index in [0.717, 1.165) is 77.6 Å². The average molecular weight is 825 g/mol. The highest BCUT2D eigenvalue weighted by Crippen LogP contribution is 2.41. The second-order valence-corrected chi connectivity index (χ2v) is 14.0. The Morgan fingerprint density at radius 2 is 0.885 bits per heavy atom. The van der Waals surface area contributed by atoms with Crippen molar-refractivity contribution in [1.82, 2.24) is 9.97 Å². The number of hydrogen-bond acceptors (Lipinski definition) is 12. The van der Waals surface area contributed by atoms with Gasteiger partial charge in [-0.1, -0.05) is 60.7 Å². The minimum atomic E-state index is -0.623. The monoisotopic (exact) mass is 824 g/mol. The van der Waals surface area contributed by atoms with Crippen LogP contribution in [0.1, 0.15) is 17.5 Å². The number of carbonyl (C=O) groups excluding carboxylic acids is 2. The van der Waals surface area contributed by atoms with Crippen LogP contribution >= 0.6 is 0 Å². The van der Waals surface area contributed by atoms with E-state index in [2.05, 4.69) is 20.4 Å². The third-order valence-corrected chi connectivity index (χ3v) is 10.2. The van der Waals surface area contributed by atoms with Gasteiger partial charge in [0, 0.05) is 49.7 Å². The van der Waals surface area contributed by atoms with Crippen LogP contribution in [0.5, 0.6) is 23.0 Å². The molecule has 1 saturated heterocycles. The van der Waals surface area contributed by atoms with E-state index >= 15 is 0 Å². The molecule has 1 aliphatic rings. The van der Waals surface area contributed by atoms with Gasteiger partial charge in [-0.2, -0.15) is 0 Å². The van der Waals surface area contributed by atoms with E-state index in [4.69, 9.17) is 38.4 Å². The summed E-state index contributed by atoms with van der Waals surface area (Å²) in [6, 6.07) is 34.3. The predicted octanol–water partition coefficient (Wildman–Crippen LogP) is 9.06. The molecule has 14 nitrogen and oxygen atoms in total. The zero-order valence-electron chi connectivity index (χ0n) is 34.6. The van der Waals surface area contributed by atoms with E-state index in [1.807, 2.05) is 122 Å². The van der Waals surface area contributed by atoms with E-state index in [1.54, 1.807) is 0 Å². The molecule has 0 spiro atoms. The second kappa shape index (κ2) is 20.0. The maximum absolute atomic E-state index is 12.7. The van der Waals surface area contributed by atoms with Crippen LogP contribution in [-0.2, 0) is 22.7 Å². The minimum Gasteiger partial charge on any atom is -0.494 e. The largest absolute Gasteiger partial charge is 0.494 e. The summed E-state index contributed by atoms with van der Waals surface area (Å²) in [6.07, 6.45) is 3.33. The van der Waals surface area contributed by atoms with Crippen molar-refractivity contribution in [3.05, 3.63) is 133 Å². The number of nitrogens with zero attached hydrogens (tertiary/aromatic N) is 4. The first kappa shape index (κ1) is 41.7. The Morgan fingerprint density at radius 1 is 0.508 bits per heavy atom. The number of nitrogens with one attached hydrogen (secondary N) is 2. The summed E-state index contributed by atoms with van der Waals surface area (Å²) in [7, 11) is 6.15. The van der Waals surface area contributed by atoms with Gasteiger partial charge in [0.2, 0.25) is 0 Å². The van der Waals surface area contributed by atoms with Gasteiger partial charge in [0.05, 0.1) is 28.4 Å². The van der Waals surface area contributed by atoms with Gasteiger partial charge in [-0.15, -0.1) is 0 Å². The van der Waals surface area contributed by atoms with Gasteiger partial charge < -0.3 is 38.2 Å². The summed E-state index contributed by atoms with van der Waals surface area (Å²) in [6.45, 7) is 3.45. The summed E-state index contributed by atoms with van der Waals surface area (Å²) in [5, 5.41) is 5.54. The summed E-state index contributed by atoms with van der Waals surface area (Å²) in [4.78, 5) is 39.6. The maximum atomic E-state index is 12.7. The molecule has 14 heteroatoms. The van der Waals surface area contributed by atoms with Crippen LogP contribution in [0.15, 0.2) is 122 Å². The van der Waals surface area contributed by atoms with E-state index < -0.39 is 12.2 Å². The Bertz CT molecular complexity index is 2180. The number of methoxy groups -OCH3 is 4. The van der Waals surface area contributed by atoms with Crippen molar-refractivity contribution in [1.29, 1.82) is 0 Å². The van der Waals surface area contributed by atoms with Crippen LogP contribution in [0, 0.1) is 0 Å². The molecule has 2 aromatic heterocycles. The topological polar surface area (TPSA) is 146 Å². The Kier molecular flexibility index (Phi) is 13.7. The molecule has 0 aliphatic carbocycles. The predicted molar refractivity (Wildman–Crippen MR) is 235 cm³/mol. The first-order chi connectivity index (χ1) is 29.8. The SMILES string of the molecule is COc1cc(-c2ccc(N3CCCN(c4ccc(-c5cc(OC)c(NC(=O)OCc6ccccc6)c(OC)c5)cn4)CC3)nc2)cc(OC)c1NC(=O)OCc1ccccc1. The van der Waals surface area contributed by atoms with Gasteiger partial charge in [0.1, 0.15) is 59.2 Å². The molecule has 1 aliphatic heterocycles. The molecule has 6 aromatic rings. The molecule has 0 atom stereocenters. The van der Waals surface area contributed by atoms with Crippen molar-refractivity contribution in [3.63, 3.8) is 0 Å². The summed E-state index contributed by atoms with van der Waals surface area (Å²) in [5.41, 5.74) is 5.86. The molecule has 61 heavy (non-hydrogen) atoms. The molecule has 7 rings (SSSR count). The van der Waals surface area contributed by atoms with Gasteiger partial charge in [0.15, 0.2) is 0 Å². The van der Waals surface area contributed by atoms with Crippen LogP contribution in [0.3, 0.4) is 0 Å². The molecule has 0 saturated carbocycles. The Balaban J connectivity index is 0.970. The van der Waals surface area contributed by atoms with E-state index in [1.165, 1.54) is 28.4 Å². The fourth-order valence-corrected chi connectivity index (χ4v) is 6.99. The number of amides is 2. The van der Waals surface area contributed by atoms with Gasteiger partial charge in [0.25, 0.3) is 0 Å². The van der Waals surface area contributed by atoms with Gasteiger partial charge in [-0.3, -0.25) is 10.6 Å². The number of anilines is 4. The average Bonchev–Trinajstić information content (AvgIpc) is 3.58. The van der Waals surface area contributed by atoms with Gasteiger partial charge >= 0.3 is 12.2 Å². The third kappa shape index (κ3) is 10.4. The fraction of sp³-hybridized carbons (Fsp3) is 0.234. The van der Waals surface area contributed by atoms with E-state index in [9.17, 15) is 9.59 Å². The highest BCUT2D eigenvalue weighted by molar-refractivity contribution is 5.92. The first-order valence-corrected chi connectivity index (χ1v) is 19.8. The molecule has 3 heterocycles. The van der Waals surface area contributed by atoms with E-state index in [0.29, 0.717) is 34.4 Å². The summed E-state index contributed by atoms with van der Waals surface area (Å²) >= 11 is 0. The number of carbonyl (C=O) groups is 2. The highest BCUT2D eigenvalue weighted by Gasteiger charge is 2.21. The molecule has 2 amide bonds. The Hall–Kier alpha value is -7.48. The normalized spacial score (nSPS) is 12.5. The Morgan fingerprint density at radius 3 is 1.21 bits per heavy atom. The van der Waals surface area contributed by atoms with Crippen LogP contribution < -0.4 is 39.4 Å². The fourth-order valence-electron chi connectivity index (χ4n) is 6.99. The molecular formula is C47H48N6O8. The zero-order chi connectivity index (χ0) is 42.6. The number of ether oxygens (including phenoxy) is 6. The lowest BCUT2D eigenvalue weighted by Crippen LogP contribution is -2.31.